The summed E-state index contributed by atoms with van der Waals surface area (Å²) < 4.78 is 7.49. The Balaban J connectivity index is 1.59. The lowest BCUT2D eigenvalue weighted by Gasteiger charge is -2.34. The second kappa shape index (κ2) is 9.21. The lowest BCUT2D eigenvalue weighted by Crippen LogP contribution is -2.29. The van der Waals surface area contributed by atoms with Crippen molar-refractivity contribution in [2.24, 2.45) is 0 Å². The van der Waals surface area contributed by atoms with Crippen molar-refractivity contribution in [3.05, 3.63) is 159 Å². The second-order valence-corrected chi connectivity index (χ2v) is 10.6. The van der Waals surface area contributed by atoms with Crippen LogP contribution in [0.5, 0.6) is 11.5 Å². The zero-order valence-electron chi connectivity index (χ0n) is 21.0. The van der Waals surface area contributed by atoms with Gasteiger partial charge in [-0.2, -0.15) is 0 Å². The monoisotopic (exact) mass is 542 g/mol. The van der Waals surface area contributed by atoms with Crippen molar-refractivity contribution >= 4 is 22.0 Å². The standard InChI is InChI=1S/C35H27BrO/c1-4-25-14-17-29(18-15-25)37-34-23(2)20-27(21-24(34)3)35(26-10-6-5-7-11-26)32-13-9-8-12-30(32)31-19-16-28(36)22-33(31)35/h4-22H,1H2,2-3H3. The third-order valence-corrected chi connectivity index (χ3v) is 7.94. The fourth-order valence-electron chi connectivity index (χ4n) is 5.85. The molecule has 1 aliphatic carbocycles. The number of hydrogen-bond acceptors (Lipinski definition) is 1. The fraction of sp³-hybridized carbons (Fsp3) is 0.0857. The van der Waals surface area contributed by atoms with Crippen LogP contribution in [0, 0.1) is 13.8 Å². The zero-order valence-corrected chi connectivity index (χ0v) is 22.5. The molecule has 37 heavy (non-hydrogen) atoms. The summed E-state index contributed by atoms with van der Waals surface area (Å²) in [6.45, 7) is 8.13. The highest BCUT2D eigenvalue weighted by atomic mass is 79.9. The Bertz CT molecular complexity index is 1610. The van der Waals surface area contributed by atoms with E-state index in [9.17, 15) is 0 Å². The predicted octanol–water partition coefficient (Wildman–Crippen LogP) is 9.86. The highest BCUT2D eigenvalue weighted by molar-refractivity contribution is 9.10. The van der Waals surface area contributed by atoms with Gasteiger partial charge in [0.05, 0.1) is 5.41 Å². The van der Waals surface area contributed by atoms with E-state index in [1.54, 1.807) is 0 Å². The van der Waals surface area contributed by atoms with E-state index in [2.05, 4.69) is 121 Å². The molecule has 0 aromatic heterocycles. The molecule has 0 N–H and O–H groups in total. The highest BCUT2D eigenvalue weighted by Gasteiger charge is 2.46. The van der Waals surface area contributed by atoms with Crippen LogP contribution < -0.4 is 4.74 Å². The van der Waals surface area contributed by atoms with Crippen LogP contribution in [0.15, 0.2) is 120 Å². The average molecular weight is 544 g/mol. The summed E-state index contributed by atoms with van der Waals surface area (Å²) in [7, 11) is 0. The van der Waals surface area contributed by atoms with E-state index in [0.717, 1.165) is 32.7 Å². The van der Waals surface area contributed by atoms with E-state index in [1.165, 1.54) is 33.4 Å². The molecule has 1 atom stereocenters. The van der Waals surface area contributed by atoms with Crippen LogP contribution >= 0.6 is 15.9 Å². The van der Waals surface area contributed by atoms with Crippen LogP contribution in [0.1, 0.15) is 38.9 Å². The number of rotatable bonds is 5. The van der Waals surface area contributed by atoms with E-state index in [4.69, 9.17) is 4.74 Å². The van der Waals surface area contributed by atoms with Gasteiger partial charge < -0.3 is 4.74 Å². The molecule has 0 bridgehead atoms. The van der Waals surface area contributed by atoms with Gasteiger partial charge in [-0.3, -0.25) is 0 Å². The van der Waals surface area contributed by atoms with Gasteiger partial charge in [-0.05, 0) is 88.2 Å². The zero-order chi connectivity index (χ0) is 25.6. The third-order valence-electron chi connectivity index (χ3n) is 7.44. The average Bonchev–Trinajstić information content (AvgIpc) is 3.21. The number of fused-ring (bicyclic) bond motifs is 3. The summed E-state index contributed by atoms with van der Waals surface area (Å²) in [5.41, 5.74) is 10.5. The summed E-state index contributed by atoms with van der Waals surface area (Å²) in [4.78, 5) is 0. The molecule has 0 amide bonds. The number of hydrogen-bond donors (Lipinski definition) is 0. The molecule has 5 aromatic rings. The lowest BCUT2D eigenvalue weighted by atomic mass is 9.67. The first-order chi connectivity index (χ1) is 18.0. The summed E-state index contributed by atoms with van der Waals surface area (Å²) in [6, 6.07) is 39.0. The van der Waals surface area contributed by atoms with E-state index < -0.39 is 5.41 Å². The molecular weight excluding hydrogens is 516 g/mol. The number of halogens is 1. The molecule has 0 radical (unpaired) electrons. The van der Waals surface area contributed by atoms with Gasteiger partial charge in [-0.15, -0.1) is 0 Å². The van der Waals surface area contributed by atoms with Crippen LogP contribution in [0.4, 0.5) is 0 Å². The minimum absolute atomic E-state index is 0.434. The van der Waals surface area contributed by atoms with Gasteiger partial charge in [-0.1, -0.05) is 114 Å². The van der Waals surface area contributed by atoms with Crippen molar-refractivity contribution in [3.8, 4) is 22.6 Å². The van der Waals surface area contributed by atoms with Gasteiger partial charge in [0.15, 0.2) is 0 Å². The highest BCUT2D eigenvalue weighted by Crippen LogP contribution is 2.57. The molecule has 2 heteroatoms. The normalized spacial score (nSPS) is 15.6. The number of benzene rings is 5. The van der Waals surface area contributed by atoms with Gasteiger partial charge in [0.25, 0.3) is 0 Å². The Labute approximate surface area is 227 Å². The molecule has 0 saturated heterocycles. The largest absolute Gasteiger partial charge is 0.457 e. The molecular formula is C35H27BrO. The Morgan fingerprint density at radius 3 is 2.03 bits per heavy atom. The summed E-state index contributed by atoms with van der Waals surface area (Å²) in [5.74, 6) is 1.72. The Morgan fingerprint density at radius 1 is 0.676 bits per heavy atom. The van der Waals surface area contributed by atoms with Crippen molar-refractivity contribution in [1.82, 2.24) is 0 Å². The number of ether oxygens (including phenoxy) is 1. The van der Waals surface area contributed by atoms with Crippen LogP contribution in [0.3, 0.4) is 0 Å². The summed E-state index contributed by atoms with van der Waals surface area (Å²) in [6.07, 6.45) is 1.84. The van der Waals surface area contributed by atoms with Crippen molar-refractivity contribution in [3.63, 3.8) is 0 Å². The van der Waals surface area contributed by atoms with Crippen molar-refractivity contribution in [1.29, 1.82) is 0 Å². The topological polar surface area (TPSA) is 9.23 Å². The van der Waals surface area contributed by atoms with Gasteiger partial charge in [0.2, 0.25) is 0 Å². The Morgan fingerprint density at radius 2 is 1.32 bits per heavy atom. The van der Waals surface area contributed by atoms with Crippen molar-refractivity contribution < 1.29 is 4.74 Å². The smallest absolute Gasteiger partial charge is 0.133 e. The van der Waals surface area contributed by atoms with Crippen LogP contribution in [0.2, 0.25) is 0 Å². The summed E-state index contributed by atoms with van der Waals surface area (Å²) in [5, 5.41) is 0. The molecule has 5 aromatic carbocycles. The van der Waals surface area contributed by atoms with Gasteiger partial charge >= 0.3 is 0 Å². The summed E-state index contributed by atoms with van der Waals surface area (Å²) >= 11 is 3.77. The molecule has 0 heterocycles. The molecule has 1 nitrogen and oxygen atoms in total. The van der Waals surface area contributed by atoms with Gasteiger partial charge in [0.1, 0.15) is 11.5 Å². The van der Waals surface area contributed by atoms with Crippen LogP contribution in [-0.4, -0.2) is 0 Å². The lowest BCUT2D eigenvalue weighted by molar-refractivity contribution is 0.474. The molecule has 0 saturated carbocycles. The molecule has 1 aliphatic rings. The van der Waals surface area contributed by atoms with Crippen LogP contribution in [0.25, 0.3) is 17.2 Å². The first kappa shape index (κ1) is 23.5. The predicted molar refractivity (Wildman–Crippen MR) is 158 cm³/mol. The first-order valence-electron chi connectivity index (χ1n) is 12.5. The third kappa shape index (κ3) is 3.75. The SMILES string of the molecule is C=Cc1ccc(Oc2c(C)cc(C3(c4ccccc4)c4ccccc4-c4ccc(Br)cc43)cc2C)cc1. The quantitative estimate of drug-likeness (QED) is 0.210. The number of aryl methyl sites for hydroxylation is 2. The first-order valence-corrected chi connectivity index (χ1v) is 13.3. The molecule has 0 spiro atoms. The van der Waals surface area contributed by atoms with Gasteiger partial charge in [-0.25, -0.2) is 0 Å². The van der Waals surface area contributed by atoms with E-state index in [1.807, 2.05) is 30.3 Å². The molecule has 0 fully saturated rings. The van der Waals surface area contributed by atoms with E-state index in [-0.39, 0.29) is 0 Å². The molecule has 180 valence electrons. The Kier molecular flexibility index (Phi) is 5.85. The maximum absolute atomic E-state index is 6.41. The maximum Gasteiger partial charge on any atom is 0.133 e. The fourth-order valence-corrected chi connectivity index (χ4v) is 6.21. The van der Waals surface area contributed by atoms with Gasteiger partial charge in [0, 0.05) is 4.47 Å². The molecule has 6 rings (SSSR count). The second-order valence-electron chi connectivity index (χ2n) is 9.67. The van der Waals surface area contributed by atoms with Crippen molar-refractivity contribution in [2.45, 2.75) is 19.3 Å². The Hall–Kier alpha value is -3.88. The van der Waals surface area contributed by atoms with Crippen molar-refractivity contribution in [2.75, 3.05) is 0 Å². The van der Waals surface area contributed by atoms with Crippen LogP contribution in [-0.2, 0) is 5.41 Å². The molecule has 0 aliphatic heterocycles. The maximum atomic E-state index is 6.41. The van der Waals surface area contributed by atoms with E-state index >= 15 is 0 Å². The van der Waals surface area contributed by atoms with E-state index in [0.29, 0.717) is 0 Å². The minimum atomic E-state index is -0.434. The minimum Gasteiger partial charge on any atom is -0.457 e. The molecule has 1 unspecified atom stereocenters.